The van der Waals surface area contributed by atoms with E-state index < -0.39 is 0 Å². The normalized spacial score (nSPS) is 16.8. The van der Waals surface area contributed by atoms with Crippen molar-refractivity contribution in [2.75, 3.05) is 20.1 Å². The number of hydrogen-bond acceptors (Lipinski definition) is 4. The van der Waals surface area contributed by atoms with E-state index in [0.29, 0.717) is 18.6 Å². The summed E-state index contributed by atoms with van der Waals surface area (Å²) < 4.78 is 1.99. The van der Waals surface area contributed by atoms with Gasteiger partial charge in [0.2, 0.25) is 0 Å². The van der Waals surface area contributed by atoms with E-state index in [4.69, 9.17) is 0 Å². The smallest absolute Gasteiger partial charge is 0.191 e. The Bertz CT molecular complexity index is 700. The van der Waals surface area contributed by atoms with Crippen LogP contribution < -0.4 is 10.6 Å². The molecule has 26 heavy (non-hydrogen) atoms. The van der Waals surface area contributed by atoms with Crippen molar-refractivity contribution in [3.05, 3.63) is 42.5 Å². The third-order valence-corrected chi connectivity index (χ3v) is 4.89. The van der Waals surface area contributed by atoms with Crippen LogP contribution in [0.25, 0.3) is 5.69 Å². The predicted octanol–water partition coefficient (Wildman–Crippen LogP) is 1.81. The zero-order valence-corrected chi connectivity index (χ0v) is 15.9. The van der Waals surface area contributed by atoms with E-state index in [1.807, 2.05) is 34.9 Å². The van der Waals surface area contributed by atoms with Crippen molar-refractivity contribution >= 4 is 5.96 Å². The van der Waals surface area contributed by atoms with Crippen LogP contribution in [-0.2, 0) is 6.54 Å². The highest BCUT2D eigenvalue weighted by molar-refractivity contribution is 5.79. The first-order chi connectivity index (χ1) is 12.7. The third kappa shape index (κ3) is 4.60. The van der Waals surface area contributed by atoms with Gasteiger partial charge in [-0.1, -0.05) is 18.2 Å². The molecule has 0 atom stereocenters. The quantitative estimate of drug-likeness (QED) is 0.632. The summed E-state index contributed by atoms with van der Waals surface area (Å²) >= 11 is 0. The monoisotopic (exact) mass is 355 g/mol. The van der Waals surface area contributed by atoms with Gasteiger partial charge in [0, 0.05) is 37.9 Å². The number of hydrogen-bond donors (Lipinski definition) is 2. The summed E-state index contributed by atoms with van der Waals surface area (Å²) in [7, 11) is 1.81. The lowest BCUT2D eigenvalue weighted by molar-refractivity contribution is 0.167. The molecule has 0 bridgehead atoms. The SMILES string of the molecule is CN=C(NCc1nncn1-c1ccccc1)NC1CCN(C(C)C)CC1. The lowest BCUT2D eigenvalue weighted by atomic mass is 10.0. The predicted molar refractivity (Wildman–Crippen MR) is 104 cm³/mol. The maximum Gasteiger partial charge on any atom is 0.191 e. The first-order valence-electron chi connectivity index (χ1n) is 9.33. The summed E-state index contributed by atoms with van der Waals surface area (Å²) in [5, 5.41) is 15.2. The van der Waals surface area contributed by atoms with Gasteiger partial charge in [-0.25, -0.2) is 0 Å². The van der Waals surface area contributed by atoms with Gasteiger partial charge in [0.25, 0.3) is 0 Å². The summed E-state index contributed by atoms with van der Waals surface area (Å²) in [6.45, 7) is 7.36. The maximum atomic E-state index is 4.36. The van der Waals surface area contributed by atoms with E-state index in [0.717, 1.165) is 43.4 Å². The Morgan fingerprint density at radius 2 is 1.96 bits per heavy atom. The molecule has 1 aliphatic rings. The van der Waals surface area contributed by atoms with E-state index in [9.17, 15) is 0 Å². The summed E-state index contributed by atoms with van der Waals surface area (Å²) in [5.41, 5.74) is 1.05. The second kappa shape index (κ2) is 8.80. The van der Waals surface area contributed by atoms with Crippen LogP contribution in [0, 0.1) is 0 Å². The molecule has 2 heterocycles. The van der Waals surface area contributed by atoms with Crippen LogP contribution in [0.2, 0.25) is 0 Å². The molecule has 0 aliphatic carbocycles. The van der Waals surface area contributed by atoms with Crippen molar-refractivity contribution in [1.29, 1.82) is 0 Å². The number of likely N-dealkylation sites (tertiary alicyclic amines) is 1. The maximum absolute atomic E-state index is 4.36. The summed E-state index contributed by atoms with van der Waals surface area (Å²) in [6, 6.07) is 11.2. The molecule has 0 saturated carbocycles. The highest BCUT2D eigenvalue weighted by Crippen LogP contribution is 2.13. The Morgan fingerprint density at radius 1 is 1.23 bits per heavy atom. The number of rotatable bonds is 5. The Morgan fingerprint density at radius 3 is 2.62 bits per heavy atom. The molecular formula is C19H29N7. The van der Waals surface area contributed by atoms with Crippen molar-refractivity contribution in [1.82, 2.24) is 30.3 Å². The second-order valence-electron chi connectivity index (χ2n) is 6.93. The number of nitrogens with zero attached hydrogens (tertiary/aromatic N) is 5. The van der Waals surface area contributed by atoms with Crippen molar-refractivity contribution in [2.45, 2.75) is 45.3 Å². The molecule has 0 unspecified atom stereocenters. The molecule has 1 aliphatic heterocycles. The molecule has 1 saturated heterocycles. The average molecular weight is 355 g/mol. The molecule has 2 aromatic rings. The Labute approximate surface area is 155 Å². The second-order valence-corrected chi connectivity index (χ2v) is 6.93. The lowest BCUT2D eigenvalue weighted by Gasteiger charge is -2.35. The Balaban J connectivity index is 1.54. The fourth-order valence-corrected chi connectivity index (χ4v) is 3.29. The molecular weight excluding hydrogens is 326 g/mol. The first-order valence-corrected chi connectivity index (χ1v) is 9.33. The van der Waals surface area contributed by atoms with Gasteiger partial charge in [0.15, 0.2) is 11.8 Å². The van der Waals surface area contributed by atoms with Gasteiger partial charge in [-0.15, -0.1) is 10.2 Å². The number of nitrogens with one attached hydrogen (secondary N) is 2. The van der Waals surface area contributed by atoms with Gasteiger partial charge >= 0.3 is 0 Å². The molecule has 7 nitrogen and oxygen atoms in total. The van der Waals surface area contributed by atoms with E-state index in [-0.39, 0.29) is 0 Å². The van der Waals surface area contributed by atoms with Gasteiger partial charge in [-0.05, 0) is 38.8 Å². The zero-order chi connectivity index (χ0) is 18.4. The Hall–Kier alpha value is -2.41. The summed E-state index contributed by atoms with van der Waals surface area (Å²) in [5.74, 6) is 1.67. The van der Waals surface area contributed by atoms with Crippen LogP contribution in [0.3, 0.4) is 0 Å². The van der Waals surface area contributed by atoms with Crippen LogP contribution >= 0.6 is 0 Å². The summed E-state index contributed by atoms with van der Waals surface area (Å²) in [4.78, 5) is 6.89. The van der Waals surface area contributed by atoms with Gasteiger partial charge < -0.3 is 15.5 Å². The Kier molecular flexibility index (Phi) is 6.22. The fraction of sp³-hybridized carbons (Fsp3) is 0.526. The molecule has 1 aromatic carbocycles. The lowest BCUT2D eigenvalue weighted by Crippen LogP contribution is -2.49. The fourth-order valence-electron chi connectivity index (χ4n) is 3.29. The molecule has 1 fully saturated rings. The van der Waals surface area contributed by atoms with Crippen molar-refractivity contribution in [2.24, 2.45) is 4.99 Å². The van der Waals surface area contributed by atoms with E-state index in [1.165, 1.54) is 0 Å². The molecule has 3 rings (SSSR count). The largest absolute Gasteiger partial charge is 0.354 e. The molecule has 2 N–H and O–H groups in total. The highest BCUT2D eigenvalue weighted by atomic mass is 15.3. The van der Waals surface area contributed by atoms with Gasteiger partial charge in [0.05, 0.1) is 6.54 Å². The number of piperidine rings is 1. The minimum absolute atomic E-state index is 0.461. The third-order valence-electron chi connectivity index (χ3n) is 4.89. The van der Waals surface area contributed by atoms with E-state index in [1.54, 1.807) is 13.4 Å². The van der Waals surface area contributed by atoms with Crippen LogP contribution in [0.15, 0.2) is 41.7 Å². The van der Waals surface area contributed by atoms with Gasteiger partial charge in [-0.2, -0.15) is 0 Å². The van der Waals surface area contributed by atoms with Crippen molar-refractivity contribution in [3.63, 3.8) is 0 Å². The number of para-hydroxylation sites is 1. The minimum atomic E-state index is 0.461. The van der Waals surface area contributed by atoms with Gasteiger partial charge in [-0.3, -0.25) is 9.56 Å². The number of benzene rings is 1. The van der Waals surface area contributed by atoms with E-state index in [2.05, 4.69) is 44.6 Å². The van der Waals surface area contributed by atoms with Crippen LogP contribution in [0.5, 0.6) is 0 Å². The molecule has 140 valence electrons. The first kappa shape index (κ1) is 18.4. The molecule has 1 aromatic heterocycles. The van der Waals surface area contributed by atoms with Crippen LogP contribution in [-0.4, -0.2) is 57.8 Å². The van der Waals surface area contributed by atoms with Crippen molar-refractivity contribution in [3.8, 4) is 5.69 Å². The molecule has 0 amide bonds. The molecule has 0 radical (unpaired) electrons. The zero-order valence-electron chi connectivity index (χ0n) is 15.9. The molecule has 7 heteroatoms. The van der Waals surface area contributed by atoms with Gasteiger partial charge in [0.1, 0.15) is 6.33 Å². The number of aliphatic imine (C=N–C) groups is 1. The highest BCUT2D eigenvalue weighted by Gasteiger charge is 2.21. The number of aromatic nitrogens is 3. The standard InChI is InChI=1S/C19H29N7/c1-15(2)25-11-9-16(10-12-25)23-19(20-3)21-13-18-24-22-14-26(18)17-7-5-4-6-8-17/h4-8,14-16H,9-13H2,1-3H3,(H2,20,21,23). The van der Waals surface area contributed by atoms with Crippen LogP contribution in [0.4, 0.5) is 0 Å². The van der Waals surface area contributed by atoms with Crippen LogP contribution in [0.1, 0.15) is 32.5 Å². The van der Waals surface area contributed by atoms with Crippen molar-refractivity contribution < 1.29 is 0 Å². The minimum Gasteiger partial charge on any atom is -0.354 e. The topological polar surface area (TPSA) is 70.4 Å². The average Bonchev–Trinajstić information content (AvgIpc) is 3.14. The number of guanidine groups is 1. The summed E-state index contributed by atoms with van der Waals surface area (Å²) in [6.07, 6.45) is 4.02. The molecule has 0 spiro atoms. The van der Waals surface area contributed by atoms with E-state index >= 15 is 0 Å².